The van der Waals surface area contributed by atoms with Crippen molar-refractivity contribution in [3.63, 3.8) is 0 Å². The molecule has 0 aliphatic rings. The van der Waals surface area contributed by atoms with Gasteiger partial charge in [-0.15, -0.1) is 0 Å². The van der Waals surface area contributed by atoms with Gasteiger partial charge in [-0.2, -0.15) is 0 Å². The van der Waals surface area contributed by atoms with Gasteiger partial charge in [0.1, 0.15) is 0 Å². The number of benzene rings is 1. The summed E-state index contributed by atoms with van der Waals surface area (Å²) in [7, 11) is 0. The first kappa shape index (κ1) is 18.7. The van der Waals surface area contributed by atoms with Crippen LogP contribution in [0.3, 0.4) is 0 Å². The first-order valence-electron chi connectivity index (χ1n) is 8.31. The molecule has 6 heteroatoms. The summed E-state index contributed by atoms with van der Waals surface area (Å²) in [5.41, 5.74) is 1.03. The van der Waals surface area contributed by atoms with Crippen LogP contribution in [-0.4, -0.2) is 22.7 Å². The standard InChI is InChI=1S/C19H25N3O3/c1-4-22-12-16(10-11-17(22)23)20-18(24)21-19(2,3)14-25-13-15-8-6-5-7-9-15/h5-12H,4,13-14H2,1-3H3,(H2,20,21,24). The molecule has 2 rings (SSSR count). The van der Waals surface area contributed by atoms with Crippen LogP contribution in [0.15, 0.2) is 53.5 Å². The fraction of sp³-hybridized carbons (Fsp3) is 0.368. The molecule has 1 heterocycles. The third-order valence-corrected chi connectivity index (χ3v) is 3.61. The number of aromatic nitrogens is 1. The summed E-state index contributed by atoms with van der Waals surface area (Å²) in [5.74, 6) is 0. The van der Waals surface area contributed by atoms with Crippen molar-refractivity contribution in [2.24, 2.45) is 0 Å². The number of rotatable bonds is 7. The average Bonchev–Trinajstić information content (AvgIpc) is 2.56. The zero-order valence-electron chi connectivity index (χ0n) is 14.9. The highest BCUT2D eigenvalue weighted by atomic mass is 16.5. The Bertz CT molecular complexity index is 754. The Morgan fingerprint density at radius 1 is 1.16 bits per heavy atom. The van der Waals surface area contributed by atoms with Gasteiger partial charge in [-0.3, -0.25) is 4.79 Å². The largest absolute Gasteiger partial charge is 0.374 e. The molecular formula is C19H25N3O3. The lowest BCUT2D eigenvalue weighted by Crippen LogP contribution is -2.48. The predicted octanol–water partition coefficient (Wildman–Crippen LogP) is 2.99. The molecule has 2 N–H and O–H groups in total. The number of pyridine rings is 1. The molecule has 0 aliphatic carbocycles. The number of ether oxygens (including phenoxy) is 1. The maximum atomic E-state index is 12.2. The highest BCUT2D eigenvalue weighted by Gasteiger charge is 2.21. The summed E-state index contributed by atoms with van der Waals surface area (Å²) in [6, 6.07) is 12.6. The van der Waals surface area contributed by atoms with Crippen molar-refractivity contribution >= 4 is 11.7 Å². The number of nitrogens with one attached hydrogen (secondary N) is 2. The Morgan fingerprint density at radius 3 is 2.56 bits per heavy atom. The lowest BCUT2D eigenvalue weighted by molar-refractivity contribution is 0.0753. The molecule has 0 bridgehead atoms. The number of urea groups is 1. The van der Waals surface area contributed by atoms with E-state index in [4.69, 9.17) is 4.74 Å². The van der Waals surface area contributed by atoms with E-state index in [0.717, 1.165) is 5.56 Å². The summed E-state index contributed by atoms with van der Waals surface area (Å²) < 4.78 is 7.23. The highest BCUT2D eigenvalue weighted by molar-refractivity contribution is 5.89. The van der Waals surface area contributed by atoms with Gasteiger partial charge in [-0.25, -0.2) is 4.79 Å². The molecule has 0 atom stereocenters. The van der Waals surface area contributed by atoms with Crippen molar-refractivity contribution in [2.45, 2.75) is 39.5 Å². The normalized spacial score (nSPS) is 11.2. The number of anilines is 1. The summed E-state index contributed by atoms with van der Waals surface area (Å²) in [5, 5.41) is 5.62. The lowest BCUT2D eigenvalue weighted by atomic mass is 10.1. The highest BCUT2D eigenvalue weighted by Crippen LogP contribution is 2.08. The minimum atomic E-state index is -0.530. The van der Waals surface area contributed by atoms with Crippen LogP contribution in [0.2, 0.25) is 0 Å². The number of hydrogen-bond acceptors (Lipinski definition) is 3. The maximum absolute atomic E-state index is 12.2. The SMILES string of the molecule is CCn1cc(NC(=O)NC(C)(C)COCc2ccccc2)ccc1=O. The number of aryl methyl sites for hydroxylation is 1. The van der Waals surface area contributed by atoms with Gasteiger partial charge >= 0.3 is 6.03 Å². The molecular weight excluding hydrogens is 318 g/mol. The molecule has 0 saturated carbocycles. The Kier molecular flexibility index (Phi) is 6.36. The maximum Gasteiger partial charge on any atom is 0.319 e. The van der Waals surface area contributed by atoms with Crippen LogP contribution in [0.5, 0.6) is 0 Å². The van der Waals surface area contributed by atoms with Gasteiger partial charge in [-0.1, -0.05) is 30.3 Å². The molecule has 0 aliphatic heterocycles. The van der Waals surface area contributed by atoms with Gasteiger partial charge in [0.2, 0.25) is 0 Å². The zero-order chi connectivity index (χ0) is 18.3. The zero-order valence-corrected chi connectivity index (χ0v) is 14.9. The molecule has 0 unspecified atom stereocenters. The van der Waals surface area contributed by atoms with E-state index in [1.807, 2.05) is 51.1 Å². The molecule has 0 spiro atoms. The van der Waals surface area contributed by atoms with Gasteiger partial charge in [0, 0.05) is 18.8 Å². The number of nitrogens with zero attached hydrogens (tertiary/aromatic N) is 1. The summed E-state index contributed by atoms with van der Waals surface area (Å²) >= 11 is 0. The average molecular weight is 343 g/mol. The molecule has 2 amide bonds. The second kappa shape index (κ2) is 8.48. The molecule has 25 heavy (non-hydrogen) atoms. The van der Waals surface area contributed by atoms with E-state index in [1.54, 1.807) is 12.3 Å². The van der Waals surface area contributed by atoms with E-state index in [1.165, 1.54) is 10.6 Å². The summed E-state index contributed by atoms with van der Waals surface area (Å²) in [6.07, 6.45) is 1.63. The minimum absolute atomic E-state index is 0.0944. The van der Waals surface area contributed by atoms with Crippen LogP contribution >= 0.6 is 0 Å². The summed E-state index contributed by atoms with van der Waals surface area (Å²) in [6.45, 7) is 7.08. The van der Waals surface area contributed by atoms with E-state index >= 15 is 0 Å². The quantitative estimate of drug-likeness (QED) is 0.812. The van der Waals surface area contributed by atoms with Crippen molar-refractivity contribution in [1.29, 1.82) is 0 Å². The van der Waals surface area contributed by atoms with E-state index in [2.05, 4.69) is 10.6 Å². The first-order valence-corrected chi connectivity index (χ1v) is 8.31. The number of carbonyl (C=O) groups is 1. The van der Waals surface area contributed by atoms with Crippen LogP contribution in [0.25, 0.3) is 0 Å². The van der Waals surface area contributed by atoms with Gasteiger partial charge in [-0.05, 0) is 32.4 Å². The predicted molar refractivity (Wildman–Crippen MR) is 98.7 cm³/mol. The monoisotopic (exact) mass is 343 g/mol. The Balaban J connectivity index is 1.84. The first-order chi connectivity index (χ1) is 11.9. The van der Waals surface area contributed by atoms with Crippen molar-refractivity contribution in [1.82, 2.24) is 9.88 Å². The Hall–Kier alpha value is -2.60. The second-order valence-electron chi connectivity index (χ2n) is 6.48. The van der Waals surface area contributed by atoms with Gasteiger partial charge in [0.15, 0.2) is 0 Å². The molecule has 2 aromatic rings. The second-order valence-corrected chi connectivity index (χ2v) is 6.48. The Morgan fingerprint density at radius 2 is 1.88 bits per heavy atom. The van der Waals surface area contributed by atoms with Crippen molar-refractivity contribution in [3.8, 4) is 0 Å². The fourth-order valence-corrected chi connectivity index (χ4v) is 2.36. The van der Waals surface area contributed by atoms with Crippen molar-refractivity contribution < 1.29 is 9.53 Å². The molecule has 0 saturated heterocycles. The van der Waals surface area contributed by atoms with E-state index in [0.29, 0.717) is 25.4 Å². The lowest BCUT2D eigenvalue weighted by Gasteiger charge is -2.26. The molecule has 6 nitrogen and oxygen atoms in total. The molecule has 0 fully saturated rings. The molecule has 1 aromatic carbocycles. The van der Waals surface area contributed by atoms with Crippen LogP contribution in [-0.2, 0) is 17.9 Å². The third-order valence-electron chi connectivity index (χ3n) is 3.61. The Labute approximate surface area is 147 Å². The van der Waals surface area contributed by atoms with Gasteiger partial charge in [0.25, 0.3) is 5.56 Å². The van der Waals surface area contributed by atoms with E-state index in [9.17, 15) is 9.59 Å². The van der Waals surface area contributed by atoms with Crippen LogP contribution in [0.1, 0.15) is 26.3 Å². The number of carbonyl (C=O) groups excluding carboxylic acids is 1. The van der Waals surface area contributed by atoms with Crippen molar-refractivity contribution in [3.05, 3.63) is 64.6 Å². The third kappa shape index (κ3) is 6.08. The minimum Gasteiger partial charge on any atom is -0.374 e. The van der Waals surface area contributed by atoms with E-state index < -0.39 is 5.54 Å². The smallest absolute Gasteiger partial charge is 0.319 e. The van der Waals surface area contributed by atoms with Crippen molar-refractivity contribution in [2.75, 3.05) is 11.9 Å². The number of hydrogen-bond donors (Lipinski definition) is 2. The topological polar surface area (TPSA) is 72.4 Å². The molecule has 0 radical (unpaired) electrons. The fourth-order valence-electron chi connectivity index (χ4n) is 2.36. The van der Waals surface area contributed by atoms with Crippen LogP contribution < -0.4 is 16.2 Å². The molecule has 1 aromatic heterocycles. The summed E-state index contributed by atoms with van der Waals surface area (Å²) in [4.78, 5) is 23.8. The molecule has 134 valence electrons. The van der Waals surface area contributed by atoms with Crippen LogP contribution in [0, 0.1) is 0 Å². The van der Waals surface area contributed by atoms with Gasteiger partial charge in [0.05, 0.1) is 24.4 Å². The van der Waals surface area contributed by atoms with E-state index in [-0.39, 0.29) is 11.6 Å². The number of amides is 2. The van der Waals surface area contributed by atoms with Crippen LogP contribution in [0.4, 0.5) is 10.5 Å². The van der Waals surface area contributed by atoms with Gasteiger partial charge < -0.3 is 19.9 Å².